The third-order valence-corrected chi connectivity index (χ3v) is 2.72. The predicted octanol–water partition coefficient (Wildman–Crippen LogP) is 2.64. The van der Waals surface area contributed by atoms with E-state index in [0.29, 0.717) is 13.0 Å². The highest BCUT2D eigenvalue weighted by Gasteiger charge is 2.05. The van der Waals surface area contributed by atoms with Crippen LogP contribution in [0.2, 0.25) is 0 Å². The SMILES string of the molecule is CCOC(=O)Cc1ccc(N(CC)CC)cc1. The summed E-state index contributed by atoms with van der Waals surface area (Å²) in [6.45, 7) is 8.52. The minimum Gasteiger partial charge on any atom is -0.466 e. The lowest BCUT2D eigenvalue weighted by atomic mass is 10.1. The molecule has 1 rings (SSSR count). The van der Waals surface area contributed by atoms with Crippen molar-refractivity contribution < 1.29 is 9.53 Å². The van der Waals surface area contributed by atoms with Crippen molar-refractivity contribution in [2.45, 2.75) is 27.2 Å². The Hall–Kier alpha value is -1.51. The summed E-state index contributed by atoms with van der Waals surface area (Å²) in [7, 11) is 0. The summed E-state index contributed by atoms with van der Waals surface area (Å²) in [4.78, 5) is 13.6. The van der Waals surface area contributed by atoms with E-state index in [1.165, 1.54) is 5.69 Å². The zero-order chi connectivity index (χ0) is 12.7. The number of anilines is 1. The van der Waals surface area contributed by atoms with Gasteiger partial charge in [0, 0.05) is 18.8 Å². The van der Waals surface area contributed by atoms with Gasteiger partial charge < -0.3 is 9.64 Å². The molecule has 0 radical (unpaired) electrons. The van der Waals surface area contributed by atoms with Crippen molar-refractivity contribution in [1.82, 2.24) is 0 Å². The Balaban J connectivity index is 2.64. The van der Waals surface area contributed by atoms with Gasteiger partial charge in [-0.3, -0.25) is 4.79 Å². The first kappa shape index (κ1) is 13.6. The number of nitrogens with zero attached hydrogens (tertiary/aromatic N) is 1. The average Bonchev–Trinajstić information content (AvgIpc) is 2.33. The number of carbonyl (C=O) groups is 1. The molecule has 0 saturated carbocycles. The van der Waals surface area contributed by atoms with E-state index < -0.39 is 0 Å². The molecule has 1 aromatic rings. The van der Waals surface area contributed by atoms with Crippen LogP contribution in [-0.2, 0) is 16.0 Å². The van der Waals surface area contributed by atoms with Gasteiger partial charge in [0.1, 0.15) is 0 Å². The lowest BCUT2D eigenvalue weighted by Gasteiger charge is -2.21. The Morgan fingerprint density at radius 1 is 1.12 bits per heavy atom. The third kappa shape index (κ3) is 4.10. The van der Waals surface area contributed by atoms with Crippen molar-refractivity contribution in [2.24, 2.45) is 0 Å². The maximum atomic E-state index is 11.3. The summed E-state index contributed by atoms with van der Waals surface area (Å²) in [6, 6.07) is 8.10. The molecule has 17 heavy (non-hydrogen) atoms. The molecule has 0 spiro atoms. The Morgan fingerprint density at radius 3 is 2.18 bits per heavy atom. The summed E-state index contributed by atoms with van der Waals surface area (Å²) in [5.74, 6) is -0.164. The number of hydrogen-bond donors (Lipinski definition) is 0. The van der Waals surface area contributed by atoms with Crippen LogP contribution in [0.5, 0.6) is 0 Å². The molecule has 0 atom stereocenters. The van der Waals surface area contributed by atoms with E-state index in [9.17, 15) is 4.79 Å². The van der Waals surface area contributed by atoms with E-state index in [2.05, 4.69) is 30.9 Å². The molecule has 0 aliphatic rings. The van der Waals surface area contributed by atoms with Crippen LogP contribution < -0.4 is 4.90 Å². The summed E-state index contributed by atoms with van der Waals surface area (Å²) in [5.41, 5.74) is 2.20. The van der Waals surface area contributed by atoms with Crippen molar-refractivity contribution >= 4 is 11.7 Å². The monoisotopic (exact) mass is 235 g/mol. The highest BCUT2D eigenvalue weighted by molar-refractivity contribution is 5.72. The molecule has 0 aliphatic heterocycles. The second-order valence-corrected chi connectivity index (χ2v) is 3.82. The van der Waals surface area contributed by atoms with E-state index in [1.807, 2.05) is 19.1 Å². The van der Waals surface area contributed by atoms with Crippen LogP contribution in [0.4, 0.5) is 5.69 Å². The molecule has 0 aromatic heterocycles. The molecule has 0 unspecified atom stereocenters. The van der Waals surface area contributed by atoms with Crippen LogP contribution in [0.1, 0.15) is 26.3 Å². The van der Waals surface area contributed by atoms with Crippen LogP contribution in [0.15, 0.2) is 24.3 Å². The second kappa shape index (κ2) is 6.94. The molecule has 0 saturated heterocycles. The molecule has 94 valence electrons. The number of carbonyl (C=O) groups excluding carboxylic acids is 1. The number of ether oxygens (including phenoxy) is 1. The largest absolute Gasteiger partial charge is 0.466 e. The van der Waals surface area contributed by atoms with E-state index in [0.717, 1.165) is 18.7 Å². The van der Waals surface area contributed by atoms with Gasteiger partial charge in [-0.15, -0.1) is 0 Å². The van der Waals surface area contributed by atoms with Crippen LogP contribution in [0, 0.1) is 0 Å². The Kier molecular flexibility index (Phi) is 5.53. The number of rotatable bonds is 6. The molecule has 1 aromatic carbocycles. The van der Waals surface area contributed by atoms with Gasteiger partial charge in [0.05, 0.1) is 13.0 Å². The summed E-state index contributed by atoms with van der Waals surface area (Å²) in [5, 5.41) is 0. The molecule has 0 fully saturated rings. The quantitative estimate of drug-likeness (QED) is 0.710. The van der Waals surface area contributed by atoms with Gasteiger partial charge in [-0.05, 0) is 38.5 Å². The topological polar surface area (TPSA) is 29.5 Å². The third-order valence-electron chi connectivity index (χ3n) is 2.72. The molecule has 0 heterocycles. The molecule has 0 N–H and O–H groups in total. The van der Waals surface area contributed by atoms with Gasteiger partial charge in [-0.2, -0.15) is 0 Å². The fourth-order valence-corrected chi connectivity index (χ4v) is 1.79. The first-order chi connectivity index (χ1) is 8.21. The molecule has 0 amide bonds. The Labute approximate surface area is 103 Å². The molecular weight excluding hydrogens is 214 g/mol. The number of esters is 1. The van der Waals surface area contributed by atoms with Crippen molar-refractivity contribution in [3.63, 3.8) is 0 Å². The molecule has 0 bridgehead atoms. The maximum Gasteiger partial charge on any atom is 0.310 e. The minimum atomic E-state index is -0.164. The average molecular weight is 235 g/mol. The summed E-state index contributed by atoms with van der Waals surface area (Å²) >= 11 is 0. The highest BCUT2D eigenvalue weighted by Crippen LogP contribution is 2.15. The maximum absolute atomic E-state index is 11.3. The smallest absolute Gasteiger partial charge is 0.310 e. The van der Waals surface area contributed by atoms with Gasteiger partial charge >= 0.3 is 5.97 Å². The number of benzene rings is 1. The van der Waals surface area contributed by atoms with Crippen molar-refractivity contribution in [2.75, 3.05) is 24.6 Å². The first-order valence-corrected chi connectivity index (χ1v) is 6.20. The summed E-state index contributed by atoms with van der Waals surface area (Å²) < 4.78 is 4.92. The zero-order valence-corrected chi connectivity index (χ0v) is 10.9. The lowest BCUT2D eigenvalue weighted by Crippen LogP contribution is -2.21. The molecule has 3 nitrogen and oxygen atoms in total. The number of hydrogen-bond acceptors (Lipinski definition) is 3. The van der Waals surface area contributed by atoms with E-state index in [4.69, 9.17) is 4.74 Å². The zero-order valence-electron chi connectivity index (χ0n) is 10.9. The Morgan fingerprint density at radius 2 is 1.71 bits per heavy atom. The standard InChI is InChI=1S/C14H21NO2/c1-4-15(5-2)13-9-7-12(8-10-13)11-14(16)17-6-3/h7-10H,4-6,11H2,1-3H3. The molecule has 0 aliphatic carbocycles. The van der Waals surface area contributed by atoms with Crippen LogP contribution >= 0.6 is 0 Å². The predicted molar refractivity (Wildman–Crippen MR) is 70.3 cm³/mol. The van der Waals surface area contributed by atoms with E-state index in [1.54, 1.807) is 0 Å². The van der Waals surface area contributed by atoms with Crippen molar-refractivity contribution in [1.29, 1.82) is 0 Å². The van der Waals surface area contributed by atoms with Gasteiger partial charge in [0.15, 0.2) is 0 Å². The van der Waals surface area contributed by atoms with Crippen LogP contribution in [0.25, 0.3) is 0 Å². The Bertz CT molecular complexity index is 342. The van der Waals surface area contributed by atoms with Crippen molar-refractivity contribution in [3.05, 3.63) is 29.8 Å². The fraction of sp³-hybridized carbons (Fsp3) is 0.500. The minimum absolute atomic E-state index is 0.164. The normalized spacial score (nSPS) is 10.1. The van der Waals surface area contributed by atoms with Crippen molar-refractivity contribution in [3.8, 4) is 0 Å². The van der Waals surface area contributed by atoms with Gasteiger partial charge in [-0.1, -0.05) is 12.1 Å². The van der Waals surface area contributed by atoms with Gasteiger partial charge in [0.25, 0.3) is 0 Å². The summed E-state index contributed by atoms with van der Waals surface area (Å²) in [6.07, 6.45) is 0.354. The van der Waals surface area contributed by atoms with Gasteiger partial charge in [0.2, 0.25) is 0 Å². The van der Waals surface area contributed by atoms with Crippen LogP contribution in [-0.4, -0.2) is 25.7 Å². The van der Waals surface area contributed by atoms with Crippen LogP contribution in [0.3, 0.4) is 0 Å². The molecule has 3 heteroatoms. The fourth-order valence-electron chi connectivity index (χ4n) is 1.79. The van der Waals surface area contributed by atoms with E-state index >= 15 is 0 Å². The van der Waals surface area contributed by atoms with Gasteiger partial charge in [-0.25, -0.2) is 0 Å². The van der Waals surface area contributed by atoms with E-state index in [-0.39, 0.29) is 5.97 Å². The lowest BCUT2D eigenvalue weighted by molar-refractivity contribution is -0.142. The highest BCUT2D eigenvalue weighted by atomic mass is 16.5. The second-order valence-electron chi connectivity index (χ2n) is 3.82. The first-order valence-electron chi connectivity index (χ1n) is 6.20. The molecular formula is C14H21NO2.